The minimum Gasteiger partial charge on any atom is -0.494 e. The van der Waals surface area contributed by atoms with Crippen molar-refractivity contribution in [3.63, 3.8) is 0 Å². The van der Waals surface area contributed by atoms with Gasteiger partial charge in [-0.15, -0.1) is 0 Å². The lowest BCUT2D eigenvalue weighted by Crippen LogP contribution is -2.24. The Morgan fingerprint density at radius 2 is 1.76 bits per heavy atom. The molecule has 0 saturated heterocycles. The van der Waals surface area contributed by atoms with Gasteiger partial charge in [0.25, 0.3) is 5.91 Å². The van der Waals surface area contributed by atoms with Gasteiger partial charge in [0.2, 0.25) is 0 Å². The van der Waals surface area contributed by atoms with Gasteiger partial charge < -0.3 is 10.1 Å². The minimum absolute atomic E-state index is 0.274. The summed E-state index contributed by atoms with van der Waals surface area (Å²) in [6.07, 6.45) is 0. The lowest BCUT2D eigenvalue weighted by molar-refractivity contribution is 0.0946. The summed E-state index contributed by atoms with van der Waals surface area (Å²) in [7, 11) is 1.53. The number of aromatic nitrogens is 1. The first-order valence-corrected chi connectivity index (χ1v) is 7.80. The molecule has 0 aliphatic carbocycles. The molecular formula is C20H17FN2O2. The highest BCUT2D eigenvalue weighted by Gasteiger charge is 2.13. The van der Waals surface area contributed by atoms with E-state index >= 15 is 0 Å². The molecule has 5 heteroatoms. The van der Waals surface area contributed by atoms with Gasteiger partial charge >= 0.3 is 0 Å². The first kappa shape index (κ1) is 16.6. The summed E-state index contributed by atoms with van der Waals surface area (Å²) < 4.78 is 18.4. The van der Waals surface area contributed by atoms with Gasteiger partial charge in [-0.25, -0.2) is 9.37 Å². The molecule has 1 aromatic heterocycles. The van der Waals surface area contributed by atoms with E-state index in [0.29, 0.717) is 23.6 Å². The second-order valence-corrected chi connectivity index (χ2v) is 5.42. The van der Waals surface area contributed by atoms with Gasteiger partial charge in [-0.2, -0.15) is 0 Å². The average molecular weight is 336 g/mol. The zero-order chi connectivity index (χ0) is 17.6. The third kappa shape index (κ3) is 4.01. The Balaban J connectivity index is 1.83. The highest BCUT2D eigenvalue weighted by molar-refractivity contribution is 5.93. The van der Waals surface area contributed by atoms with Gasteiger partial charge in [0.15, 0.2) is 0 Å². The maximum Gasteiger partial charge on any atom is 0.270 e. The number of nitrogens with zero attached hydrogens (tertiary/aromatic N) is 1. The van der Waals surface area contributed by atoms with Crippen LogP contribution < -0.4 is 10.1 Å². The summed E-state index contributed by atoms with van der Waals surface area (Å²) in [5, 5.41) is 2.84. The summed E-state index contributed by atoms with van der Waals surface area (Å²) in [4.78, 5) is 16.8. The van der Waals surface area contributed by atoms with Crippen LogP contribution in [0.5, 0.6) is 5.75 Å². The Morgan fingerprint density at radius 1 is 1.04 bits per heavy atom. The van der Waals surface area contributed by atoms with E-state index in [9.17, 15) is 9.18 Å². The Hall–Kier alpha value is -3.21. The van der Waals surface area contributed by atoms with E-state index in [4.69, 9.17) is 4.74 Å². The number of nitrogens with one attached hydrogen (secondary N) is 1. The molecule has 0 spiro atoms. The molecule has 0 aliphatic heterocycles. The third-order valence-corrected chi connectivity index (χ3v) is 3.72. The number of methoxy groups -OCH3 is 1. The Bertz CT molecular complexity index is 865. The van der Waals surface area contributed by atoms with Crippen LogP contribution in [0.1, 0.15) is 16.1 Å². The Morgan fingerprint density at radius 3 is 2.44 bits per heavy atom. The molecule has 4 nitrogen and oxygen atoms in total. The molecule has 0 atom stereocenters. The number of amides is 1. The van der Waals surface area contributed by atoms with Crippen LogP contribution in [-0.4, -0.2) is 18.0 Å². The molecule has 1 N–H and O–H groups in total. The van der Waals surface area contributed by atoms with Crippen LogP contribution in [-0.2, 0) is 6.54 Å². The van der Waals surface area contributed by atoms with Crippen molar-refractivity contribution in [2.75, 3.05) is 7.11 Å². The number of hydrogen-bond donors (Lipinski definition) is 1. The van der Waals surface area contributed by atoms with Gasteiger partial charge in [0.1, 0.15) is 23.0 Å². The fourth-order valence-corrected chi connectivity index (χ4v) is 2.42. The van der Waals surface area contributed by atoms with E-state index in [1.54, 1.807) is 24.3 Å². The number of pyridine rings is 1. The summed E-state index contributed by atoms with van der Waals surface area (Å²) in [5.41, 5.74) is 2.45. The van der Waals surface area contributed by atoms with Gasteiger partial charge in [-0.3, -0.25) is 4.79 Å². The highest BCUT2D eigenvalue weighted by Crippen LogP contribution is 2.28. The molecule has 0 unspecified atom stereocenters. The van der Waals surface area contributed by atoms with Crippen LogP contribution in [0.4, 0.5) is 4.39 Å². The SMILES string of the molecule is COc1ccc(C(=O)NCc2ccccc2)nc1-c1ccc(F)cc1. The van der Waals surface area contributed by atoms with E-state index in [2.05, 4.69) is 10.3 Å². The average Bonchev–Trinajstić information content (AvgIpc) is 2.67. The van der Waals surface area contributed by atoms with E-state index in [0.717, 1.165) is 5.56 Å². The number of hydrogen-bond acceptors (Lipinski definition) is 3. The number of benzene rings is 2. The van der Waals surface area contributed by atoms with E-state index in [-0.39, 0.29) is 17.4 Å². The fraction of sp³-hybridized carbons (Fsp3) is 0.100. The standard InChI is InChI=1S/C20H17FN2O2/c1-25-18-12-11-17(20(24)22-13-14-5-3-2-4-6-14)23-19(18)15-7-9-16(21)10-8-15/h2-12H,13H2,1H3,(H,22,24). The molecule has 0 radical (unpaired) electrons. The van der Waals surface area contributed by atoms with Crippen LogP contribution in [0.25, 0.3) is 11.3 Å². The van der Waals surface area contributed by atoms with E-state index in [1.807, 2.05) is 30.3 Å². The zero-order valence-corrected chi connectivity index (χ0v) is 13.7. The van der Waals surface area contributed by atoms with Crippen LogP contribution in [0.2, 0.25) is 0 Å². The van der Waals surface area contributed by atoms with Crippen LogP contribution in [0.15, 0.2) is 66.7 Å². The molecule has 0 saturated carbocycles. The van der Waals surface area contributed by atoms with Gasteiger partial charge in [-0.05, 0) is 42.0 Å². The summed E-state index contributed by atoms with van der Waals surface area (Å²) in [6, 6.07) is 18.8. The minimum atomic E-state index is -0.334. The fourth-order valence-electron chi connectivity index (χ4n) is 2.42. The quantitative estimate of drug-likeness (QED) is 0.770. The zero-order valence-electron chi connectivity index (χ0n) is 13.7. The van der Waals surface area contributed by atoms with Gasteiger partial charge in [0, 0.05) is 12.1 Å². The maximum atomic E-state index is 13.1. The summed E-state index contributed by atoms with van der Waals surface area (Å²) in [6.45, 7) is 0.416. The number of ether oxygens (including phenoxy) is 1. The molecule has 2 aromatic carbocycles. The molecule has 1 amide bonds. The third-order valence-electron chi connectivity index (χ3n) is 3.72. The molecule has 3 aromatic rings. The Labute approximate surface area is 145 Å². The Kier molecular flexibility index (Phi) is 5.04. The molecular weight excluding hydrogens is 319 g/mol. The van der Waals surface area contributed by atoms with Crippen molar-refractivity contribution in [1.29, 1.82) is 0 Å². The van der Waals surface area contributed by atoms with Crippen LogP contribution >= 0.6 is 0 Å². The topological polar surface area (TPSA) is 51.2 Å². The van der Waals surface area contributed by atoms with Crippen molar-refractivity contribution in [3.8, 4) is 17.0 Å². The lowest BCUT2D eigenvalue weighted by atomic mass is 10.1. The van der Waals surface area contributed by atoms with Crippen LogP contribution in [0.3, 0.4) is 0 Å². The van der Waals surface area contributed by atoms with E-state index < -0.39 is 0 Å². The number of carbonyl (C=O) groups is 1. The van der Waals surface area contributed by atoms with Crippen molar-refractivity contribution in [2.24, 2.45) is 0 Å². The molecule has 3 rings (SSSR count). The van der Waals surface area contributed by atoms with E-state index in [1.165, 1.54) is 19.2 Å². The highest BCUT2D eigenvalue weighted by atomic mass is 19.1. The maximum absolute atomic E-state index is 13.1. The lowest BCUT2D eigenvalue weighted by Gasteiger charge is -2.10. The molecule has 0 bridgehead atoms. The second kappa shape index (κ2) is 7.57. The smallest absolute Gasteiger partial charge is 0.270 e. The number of halogens is 1. The van der Waals surface area contributed by atoms with Gasteiger partial charge in [0.05, 0.1) is 7.11 Å². The largest absolute Gasteiger partial charge is 0.494 e. The molecule has 0 fully saturated rings. The predicted octanol–water partition coefficient (Wildman–Crippen LogP) is 3.83. The monoisotopic (exact) mass is 336 g/mol. The predicted molar refractivity (Wildman–Crippen MR) is 93.8 cm³/mol. The number of carbonyl (C=O) groups excluding carboxylic acids is 1. The summed E-state index contributed by atoms with van der Waals surface area (Å²) in [5.74, 6) is -0.0967. The van der Waals surface area contributed by atoms with Crippen LogP contribution in [0, 0.1) is 5.82 Å². The number of rotatable bonds is 5. The first-order valence-electron chi connectivity index (χ1n) is 7.80. The summed E-state index contributed by atoms with van der Waals surface area (Å²) >= 11 is 0. The van der Waals surface area contributed by atoms with Gasteiger partial charge in [-0.1, -0.05) is 30.3 Å². The first-order chi connectivity index (χ1) is 12.2. The van der Waals surface area contributed by atoms with Crippen molar-refractivity contribution < 1.29 is 13.9 Å². The second-order valence-electron chi connectivity index (χ2n) is 5.42. The normalized spacial score (nSPS) is 10.3. The molecule has 126 valence electrons. The van der Waals surface area contributed by atoms with Crippen molar-refractivity contribution in [2.45, 2.75) is 6.54 Å². The molecule has 0 aliphatic rings. The van der Waals surface area contributed by atoms with Crippen molar-refractivity contribution in [3.05, 3.63) is 83.8 Å². The van der Waals surface area contributed by atoms with Crippen molar-refractivity contribution in [1.82, 2.24) is 10.3 Å². The molecule has 1 heterocycles. The molecule has 25 heavy (non-hydrogen) atoms. The van der Waals surface area contributed by atoms with Crippen molar-refractivity contribution >= 4 is 5.91 Å².